The van der Waals surface area contributed by atoms with Gasteiger partial charge in [-0.2, -0.15) is 0 Å². The van der Waals surface area contributed by atoms with Gasteiger partial charge in [0.05, 0.1) is 11.2 Å². The highest BCUT2D eigenvalue weighted by molar-refractivity contribution is 7.10. The molecule has 17 heavy (non-hydrogen) atoms. The molecule has 5 nitrogen and oxygen atoms in total. The lowest BCUT2D eigenvalue weighted by atomic mass is 10.3. The second-order valence-electron chi connectivity index (χ2n) is 3.73. The van der Waals surface area contributed by atoms with E-state index in [1.54, 1.807) is 11.3 Å². The maximum Gasteiger partial charge on any atom is 0.134 e. The van der Waals surface area contributed by atoms with E-state index >= 15 is 0 Å². The first-order chi connectivity index (χ1) is 8.29. The molecule has 2 rings (SSSR count). The van der Waals surface area contributed by atoms with Crippen LogP contribution in [-0.4, -0.2) is 33.1 Å². The predicted octanol–water partition coefficient (Wildman–Crippen LogP) is 2.06. The summed E-state index contributed by atoms with van der Waals surface area (Å²) in [5, 5.41) is 10.6. The predicted molar refractivity (Wildman–Crippen MR) is 71.4 cm³/mol. The summed E-state index contributed by atoms with van der Waals surface area (Å²) in [6.45, 7) is 4.60. The Kier molecular flexibility index (Phi) is 4.41. The van der Waals surface area contributed by atoms with E-state index < -0.39 is 0 Å². The highest BCUT2D eigenvalue weighted by atomic mass is 32.1. The van der Waals surface area contributed by atoms with Crippen LogP contribution in [0.1, 0.15) is 18.3 Å². The SMILES string of the molecule is CCNc1snnc1CN(C)Cc1cscn1. The largest absolute Gasteiger partial charge is 0.374 e. The zero-order valence-electron chi connectivity index (χ0n) is 9.88. The second kappa shape index (κ2) is 6.04. The Bertz CT molecular complexity index is 439. The van der Waals surface area contributed by atoms with E-state index in [0.717, 1.165) is 36.0 Å². The van der Waals surface area contributed by atoms with Gasteiger partial charge in [0.25, 0.3) is 0 Å². The van der Waals surface area contributed by atoms with Gasteiger partial charge in [0.1, 0.15) is 10.7 Å². The first-order valence-corrected chi connectivity index (χ1v) is 7.12. The summed E-state index contributed by atoms with van der Waals surface area (Å²) in [4.78, 5) is 6.46. The average molecular weight is 269 g/mol. The summed E-state index contributed by atoms with van der Waals surface area (Å²) in [5.74, 6) is 0. The van der Waals surface area contributed by atoms with Gasteiger partial charge in [0, 0.05) is 36.5 Å². The third kappa shape index (κ3) is 3.45. The van der Waals surface area contributed by atoms with Gasteiger partial charge in [-0.1, -0.05) is 4.49 Å². The van der Waals surface area contributed by atoms with E-state index in [2.05, 4.69) is 44.1 Å². The van der Waals surface area contributed by atoms with E-state index in [1.165, 1.54) is 11.5 Å². The van der Waals surface area contributed by atoms with E-state index in [0.29, 0.717) is 0 Å². The van der Waals surface area contributed by atoms with Crippen molar-refractivity contribution < 1.29 is 0 Å². The van der Waals surface area contributed by atoms with Crippen LogP contribution in [0, 0.1) is 0 Å². The monoisotopic (exact) mass is 269 g/mol. The quantitative estimate of drug-likeness (QED) is 0.870. The van der Waals surface area contributed by atoms with E-state index in [9.17, 15) is 0 Å². The molecule has 92 valence electrons. The molecular weight excluding hydrogens is 254 g/mol. The fraction of sp³-hybridized carbons (Fsp3) is 0.500. The molecule has 0 bridgehead atoms. The van der Waals surface area contributed by atoms with Gasteiger partial charge in [-0.15, -0.1) is 16.4 Å². The van der Waals surface area contributed by atoms with Crippen molar-refractivity contribution in [3.05, 3.63) is 22.3 Å². The molecule has 0 unspecified atom stereocenters. The second-order valence-corrected chi connectivity index (χ2v) is 5.20. The molecule has 1 N–H and O–H groups in total. The van der Waals surface area contributed by atoms with Gasteiger partial charge < -0.3 is 5.32 Å². The molecule has 2 aromatic rings. The molecule has 0 saturated carbocycles. The minimum atomic E-state index is 0.788. The minimum absolute atomic E-state index is 0.788. The first-order valence-electron chi connectivity index (χ1n) is 5.40. The topological polar surface area (TPSA) is 53.9 Å². The average Bonchev–Trinajstić information content (AvgIpc) is 2.92. The Morgan fingerprint density at radius 2 is 2.29 bits per heavy atom. The van der Waals surface area contributed by atoms with Crippen molar-refractivity contribution in [3.63, 3.8) is 0 Å². The number of hydrogen-bond donors (Lipinski definition) is 1. The van der Waals surface area contributed by atoms with Crippen LogP contribution in [0.15, 0.2) is 10.9 Å². The van der Waals surface area contributed by atoms with Crippen LogP contribution in [-0.2, 0) is 13.1 Å². The van der Waals surface area contributed by atoms with Crippen molar-refractivity contribution in [2.24, 2.45) is 0 Å². The molecule has 0 amide bonds. The summed E-state index contributed by atoms with van der Waals surface area (Å²) < 4.78 is 3.98. The Morgan fingerprint density at radius 1 is 1.41 bits per heavy atom. The van der Waals surface area contributed by atoms with Crippen molar-refractivity contribution in [1.82, 2.24) is 19.5 Å². The lowest BCUT2D eigenvalue weighted by Gasteiger charge is -2.14. The third-order valence-corrected chi connectivity index (χ3v) is 3.59. The summed E-state index contributed by atoms with van der Waals surface area (Å²) in [6.07, 6.45) is 0. The number of nitrogens with zero attached hydrogens (tertiary/aromatic N) is 4. The first kappa shape index (κ1) is 12.4. The summed E-state index contributed by atoms with van der Waals surface area (Å²) in [6, 6.07) is 0. The van der Waals surface area contributed by atoms with E-state index in [1.807, 2.05) is 5.51 Å². The minimum Gasteiger partial charge on any atom is -0.374 e. The molecule has 0 aliphatic rings. The molecular formula is C10H15N5S2. The van der Waals surface area contributed by atoms with Crippen LogP contribution in [0.4, 0.5) is 5.00 Å². The summed E-state index contributed by atoms with van der Waals surface area (Å²) in [7, 11) is 2.06. The maximum absolute atomic E-state index is 4.27. The number of anilines is 1. The molecule has 0 aliphatic carbocycles. The van der Waals surface area contributed by atoms with Crippen LogP contribution < -0.4 is 5.32 Å². The van der Waals surface area contributed by atoms with Crippen molar-refractivity contribution >= 4 is 27.9 Å². The van der Waals surface area contributed by atoms with Crippen molar-refractivity contribution in [2.45, 2.75) is 20.0 Å². The molecule has 0 saturated heterocycles. The van der Waals surface area contributed by atoms with Gasteiger partial charge in [0.15, 0.2) is 0 Å². The fourth-order valence-corrected chi connectivity index (χ4v) is 2.70. The molecule has 0 aromatic carbocycles. The lowest BCUT2D eigenvalue weighted by molar-refractivity contribution is 0.312. The molecule has 0 spiro atoms. The smallest absolute Gasteiger partial charge is 0.134 e. The normalized spacial score (nSPS) is 11.0. The standard InChI is InChI=1S/C10H15N5S2/c1-3-11-10-9(13-14-17-10)5-15(2)4-8-6-16-7-12-8/h6-7,11H,3-5H2,1-2H3. The molecule has 0 fully saturated rings. The maximum atomic E-state index is 4.27. The number of nitrogens with one attached hydrogen (secondary N) is 1. The van der Waals surface area contributed by atoms with Crippen LogP contribution in [0.2, 0.25) is 0 Å². The van der Waals surface area contributed by atoms with Gasteiger partial charge in [-0.25, -0.2) is 4.98 Å². The van der Waals surface area contributed by atoms with Gasteiger partial charge >= 0.3 is 0 Å². The zero-order chi connectivity index (χ0) is 12.1. The van der Waals surface area contributed by atoms with Crippen molar-refractivity contribution in [1.29, 1.82) is 0 Å². The molecule has 7 heteroatoms. The van der Waals surface area contributed by atoms with Gasteiger partial charge in [0.2, 0.25) is 0 Å². The Balaban J connectivity index is 1.93. The van der Waals surface area contributed by atoms with Crippen LogP contribution in [0.25, 0.3) is 0 Å². The highest BCUT2D eigenvalue weighted by Crippen LogP contribution is 2.19. The van der Waals surface area contributed by atoms with Gasteiger partial charge in [-0.3, -0.25) is 4.90 Å². The molecule has 0 atom stereocenters. The Labute approximate surface area is 109 Å². The number of hydrogen-bond acceptors (Lipinski definition) is 7. The third-order valence-electron chi connectivity index (χ3n) is 2.23. The number of aromatic nitrogens is 3. The van der Waals surface area contributed by atoms with Crippen LogP contribution in [0.5, 0.6) is 0 Å². The van der Waals surface area contributed by atoms with E-state index in [-0.39, 0.29) is 0 Å². The summed E-state index contributed by atoms with van der Waals surface area (Å²) in [5.41, 5.74) is 3.97. The summed E-state index contributed by atoms with van der Waals surface area (Å²) >= 11 is 3.04. The zero-order valence-corrected chi connectivity index (χ0v) is 11.5. The van der Waals surface area contributed by atoms with Gasteiger partial charge in [-0.05, 0) is 14.0 Å². The Hall–Kier alpha value is -1.05. The number of rotatable bonds is 6. The van der Waals surface area contributed by atoms with E-state index in [4.69, 9.17) is 0 Å². The van der Waals surface area contributed by atoms with Crippen LogP contribution in [0.3, 0.4) is 0 Å². The highest BCUT2D eigenvalue weighted by Gasteiger charge is 2.10. The molecule has 2 aromatic heterocycles. The molecule has 0 aliphatic heterocycles. The van der Waals surface area contributed by atoms with Crippen molar-refractivity contribution in [3.8, 4) is 0 Å². The fourth-order valence-electron chi connectivity index (χ4n) is 1.51. The Morgan fingerprint density at radius 3 is 3.00 bits per heavy atom. The molecule has 0 radical (unpaired) electrons. The van der Waals surface area contributed by atoms with Crippen LogP contribution >= 0.6 is 22.9 Å². The lowest BCUT2D eigenvalue weighted by Crippen LogP contribution is -2.18. The molecule has 2 heterocycles. The van der Waals surface area contributed by atoms with Crippen molar-refractivity contribution in [2.75, 3.05) is 18.9 Å². The number of thiazole rings is 1.